The molecule has 0 aliphatic rings. The summed E-state index contributed by atoms with van der Waals surface area (Å²) in [6, 6.07) is 0. The number of aryl methyl sites for hydroxylation is 1. The lowest BCUT2D eigenvalue weighted by Crippen LogP contribution is -2.13. The van der Waals surface area contributed by atoms with Crippen molar-refractivity contribution in [2.45, 2.75) is 25.5 Å². The zero-order chi connectivity index (χ0) is 10.6. The van der Waals surface area contributed by atoms with E-state index in [1.54, 1.807) is 4.68 Å². The summed E-state index contributed by atoms with van der Waals surface area (Å²) in [4.78, 5) is 0. The van der Waals surface area contributed by atoms with Gasteiger partial charge >= 0.3 is 0 Å². The zero-order valence-electron chi connectivity index (χ0n) is 7.93. The quantitative estimate of drug-likeness (QED) is 0.496. The van der Waals surface area contributed by atoms with Gasteiger partial charge in [0.25, 0.3) is 0 Å². The van der Waals surface area contributed by atoms with E-state index in [-0.39, 0.29) is 6.61 Å². The summed E-state index contributed by atoms with van der Waals surface area (Å²) in [5.41, 5.74) is 11.6. The van der Waals surface area contributed by atoms with Crippen LogP contribution in [0, 0.1) is 0 Å². The normalized spacial score (nSPS) is 13.0. The first kappa shape index (κ1) is 10.8. The summed E-state index contributed by atoms with van der Waals surface area (Å²) < 4.78 is 1.58. The van der Waals surface area contributed by atoms with E-state index >= 15 is 0 Å². The van der Waals surface area contributed by atoms with E-state index in [0.29, 0.717) is 30.9 Å². The molecule has 0 fully saturated rings. The Morgan fingerprint density at radius 1 is 1.50 bits per heavy atom. The fourth-order valence-electron chi connectivity index (χ4n) is 1.16. The Bertz CT molecular complexity index is 287. The first-order valence-corrected chi connectivity index (χ1v) is 4.50. The minimum atomic E-state index is -0.663. The highest BCUT2D eigenvalue weighted by Gasteiger charge is 2.05. The summed E-state index contributed by atoms with van der Waals surface area (Å²) in [5, 5.41) is 21.6. The molecule has 0 aliphatic heterocycles. The summed E-state index contributed by atoms with van der Waals surface area (Å²) in [6.07, 6.45) is 2.06. The van der Waals surface area contributed by atoms with E-state index in [1.165, 1.54) is 6.20 Å². The van der Waals surface area contributed by atoms with Gasteiger partial charge in [-0.05, 0) is 12.8 Å². The van der Waals surface area contributed by atoms with Gasteiger partial charge in [-0.2, -0.15) is 5.10 Å². The van der Waals surface area contributed by atoms with Gasteiger partial charge < -0.3 is 21.7 Å². The number of hydrogen-bond donors (Lipinski definition) is 4. The molecule has 1 aromatic rings. The number of aromatic nitrogens is 2. The lowest BCUT2D eigenvalue weighted by atomic mass is 10.2. The van der Waals surface area contributed by atoms with Crippen LogP contribution >= 0.6 is 0 Å². The van der Waals surface area contributed by atoms with E-state index in [2.05, 4.69) is 5.10 Å². The first-order chi connectivity index (χ1) is 6.65. The zero-order valence-corrected chi connectivity index (χ0v) is 7.93. The molecule has 0 radical (unpaired) electrons. The molecule has 1 heterocycles. The Labute approximate surface area is 82.1 Å². The largest absolute Gasteiger partial charge is 0.394 e. The van der Waals surface area contributed by atoms with Crippen LogP contribution in [-0.2, 0) is 6.54 Å². The highest BCUT2D eigenvalue weighted by molar-refractivity contribution is 5.56. The molecular weight excluding hydrogens is 184 g/mol. The van der Waals surface area contributed by atoms with Crippen molar-refractivity contribution in [3.05, 3.63) is 6.20 Å². The molecule has 14 heavy (non-hydrogen) atoms. The Morgan fingerprint density at radius 3 is 2.71 bits per heavy atom. The van der Waals surface area contributed by atoms with E-state index in [4.69, 9.17) is 21.7 Å². The number of aliphatic hydroxyl groups is 2. The predicted molar refractivity (Wildman–Crippen MR) is 53.4 cm³/mol. The predicted octanol–water partition coefficient (Wildman–Crippen LogP) is -0.819. The van der Waals surface area contributed by atoms with Crippen LogP contribution in [0.4, 0.5) is 11.5 Å². The number of nitrogens with two attached hydrogens (primary N) is 2. The number of rotatable bonds is 5. The fourth-order valence-corrected chi connectivity index (χ4v) is 1.16. The van der Waals surface area contributed by atoms with Gasteiger partial charge in [0.05, 0.1) is 24.6 Å². The van der Waals surface area contributed by atoms with Crippen molar-refractivity contribution in [3.8, 4) is 0 Å². The maximum atomic E-state index is 9.07. The molecule has 1 atom stereocenters. The Morgan fingerprint density at radius 2 is 2.21 bits per heavy atom. The standard InChI is InChI=1S/C8H16N4O2/c9-7-4-11-12(8(7)10)3-1-2-6(14)5-13/h4,6,13-14H,1-3,5,9-10H2. The Balaban J connectivity index is 2.35. The number of hydrogen-bond acceptors (Lipinski definition) is 5. The molecule has 6 N–H and O–H groups in total. The average Bonchev–Trinajstić information content (AvgIpc) is 2.49. The first-order valence-electron chi connectivity index (χ1n) is 4.50. The van der Waals surface area contributed by atoms with Gasteiger partial charge in [-0.25, -0.2) is 4.68 Å². The smallest absolute Gasteiger partial charge is 0.145 e. The van der Waals surface area contributed by atoms with E-state index in [0.717, 1.165) is 0 Å². The van der Waals surface area contributed by atoms with E-state index in [1.807, 2.05) is 0 Å². The third-order valence-corrected chi connectivity index (χ3v) is 2.03. The van der Waals surface area contributed by atoms with Crippen molar-refractivity contribution in [1.29, 1.82) is 0 Å². The van der Waals surface area contributed by atoms with Gasteiger partial charge in [0.2, 0.25) is 0 Å². The molecule has 1 unspecified atom stereocenters. The molecule has 0 saturated carbocycles. The minimum absolute atomic E-state index is 0.212. The van der Waals surface area contributed by atoms with Crippen LogP contribution in [0.15, 0.2) is 6.20 Å². The van der Waals surface area contributed by atoms with E-state index < -0.39 is 6.10 Å². The van der Waals surface area contributed by atoms with Crippen LogP contribution in [0.2, 0.25) is 0 Å². The lowest BCUT2D eigenvalue weighted by molar-refractivity contribution is 0.0854. The average molecular weight is 200 g/mol. The third-order valence-electron chi connectivity index (χ3n) is 2.03. The lowest BCUT2D eigenvalue weighted by Gasteiger charge is -2.07. The minimum Gasteiger partial charge on any atom is -0.394 e. The molecule has 6 nitrogen and oxygen atoms in total. The molecule has 1 rings (SSSR count). The number of nitrogens with zero attached hydrogens (tertiary/aromatic N) is 2. The number of nitrogen functional groups attached to an aromatic ring is 2. The van der Waals surface area contributed by atoms with Crippen molar-refractivity contribution in [2.75, 3.05) is 18.1 Å². The van der Waals surface area contributed by atoms with Crippen LogP contribution in [0.25, 0.3) is 0 Å². The highest BCUT2D eigenvalue weighted by atomic mass is 16.3. The maximum absolute atomic E-state index is 9.07. The topological polar surface area (TPSA) is 110 Å². The van der Waals surface area contributed by atoms with Crippen molar-refractivity contribution >= 4 is 11.5 Å². The van der Waals surface area contributed by atoms with Crippen LogP contribution in [-0.4, -0.2) is 32.7 Å². The highest BCUT2D eigenvalue weighted by Crippen LogP contribution is 2.13. The number of aliphatic hydroxyl groups excluding tert-OH is 2. The fraction of sp³-hybridized carbons (Fsp3) is 0.625. The second-order valence-electron chi connectivity index (χ2n) is 3.19. The monoisotopic (exact) mass is 200 g/mol. The van der Waals surface area contributed by atoms with Crippen molar-refractivity contribution in [3.63, 3.8) is 0 Å². The summed E-state index contributed by atoms with van der Waals surface area (Å²) in [5.74, 6) is 0.448. The molecule has 0 aromatic carbocycles. The van der Waals surface area contributed by atoms with Gasteiger partial charge in [0, 0.05) is 6.54 Å². The Kier molecular flexibility index (Phi) is 3.73. The molecule has 0 aliphatic carbocycles. The van der Waals surface area contributed by atoms with Gasteiger partial charge in [0.1, 0.15) is 5.82 Å². The van der Waals surface area contributed by atoms with E-state index in [9.17, 15) is 0 Å². The SMILES string of the molecule is Nc1cnn(CCCC(O)CO)c1N. The third kappa shape index (κ3) is 2.61. The summed E-state index contributed by atoms with van der Waals surface area (Å²) in [7, 11) is 0. The molecule has 6 heteroatoms. The second kappa shape index (κ2) is 4.83. The molecule has 0 spiro atoms. The summed E-state index contributed by atoms with van der Waals surface area (Å²) in [6.45, 7) is 0.386. The van der Waals surface area contributed by atoms with Gasteiger partial charge in [0.15, 0.2) is 0 Å². The van der Waals surface area contributed by atoms with Crippen LogP contribution < -0.4 is 11.5 Å². The van der Waals surface area contributed by atoms with Gasteiger partial charge in [-0.3, -0.25) is 0 Å². The van der Waals surface area contributed by atoms with Crippen LogP contribution in [0.5, 0.6) is 0 Å². The van der Waals surface area contributed by atoms with Crippen molar-refractivity contribution in [2.24, 2.45) is 0 Å². The van der Waals surface area contributed by atoms with Gasteiger partial charge in [-0.15, -0.1) is 0 Å². The van der Waals surface area contributed by atoms with Gasteiger partial charge in [-0.1, -0.05) is 0 Å². The molecule has 80 valence electrons. The molecule has 0 saturated heterocycles. The molecular formula is C8H16N4O2. The second-order valence-corrected chi connectivity index (χ2v) is 3.19. The van der Waals surface area contributed by atoms with Crippen LogP contribution in [0.1, 0.15) is 12.8 Å². The molecule has 1 aromatic heterocycles. The number of anilines is 2. The summed E-state index contributed by atoms with van der Waals surface area (Å²) >= 11 is 0. The molecule has 0 bridgehead atoms. The van der Waals surface area contributed by atoms with Crippen LogP contribution in [0.3, 0.4) is 0 Å². The maximum Gasteiger partial charge on any atom is 0.145 e. The van der Waals surface area contributed by atoms with Crippen molar-refractivity contribution in [1.82, 2.24) is 9.78 Å². The molecule has 0 amide bonds. The Hall–Kier alpha value is -1.27. The van der Waals surface area contributed by atoms with Crippen molar-refractivity contribution < 1.29 is 10.2 Å².